The minimum atomic E-state index is -0.190. The van der Waals surface area contributed by atoms with Crippen LogP contribution >= 0.6 is 11.6 Å². The monoisotopic (exact) mass is 452 g/mol. The molecule has 0 atom stereocenters. The van der Waals surface area contributed by atoms with Crippen molar-refractivity contribution >= 4 is 29.2 Å². The van der Waals surface area contributed by atoms with E-state index in [1.807, 2.05) is 49.4 Å². The van der Waals surface area contributed by atoms with Crippen molar-refractivity contribution in [2.45, 2.75) is 19.8 Å². The molecule has 166 valence electrons. The van der Waals surface area contributed by atoms with Crippen molar-refractivity contribution in [2.75, 3.05) is 31.5 Å². The number of carbonyl (C=O) groups excluding carboxylic acids is 2. The molecule has 0 bridgehead atoms. The fraction of sp³-hybridized carbons (Fsp3) is 0.292. The van der Waals surface area contributed by atoms with Gasteiger partial charge in [0.1, 0.15) is 0 Å². The van der Waals surface area contributed by atoms with Crippen molar-refractivity contribution in [1.82, 2.24) is 14.8 Å². The summed E-state index contributed by atoms with van der Waals surface area (Å²) in [7, 11) is 0. The summed E-state index contributed by atoms with van der Waals surface area (Å²) < 4.78 is 5.78. The number of nitrogens with one attached hydrogen (secondary N) is 1. The van der Waals surface area contributed by atoms with Gasteiger partial charge in [0.15, 0.2) is 11.7 Å². The fourth-order valence-corrected chi connectivity index (χ4v) is 3.75. The maximum absolute atomic E-state index is 12.6. The number of oxazole rings is 1. The van der Waals surface area contributed by atoms with Gasteiger partial charge in [0.25, 0.3) is 0 Å². The molecule has 0 aliphatic carbocycles. The van der Waals surface area contributed by atoms with E-state index in [1.54, 1.807) is 22.1 Å². The Bertz CT molecular complexity index is 1090. The number of aromatic nitrogens is 1. The highest BCUT2D eigenvalue weighted by Gasteiger charge is 2.24. The number of piperazine rings is 1. The Morgan fingerprint density at radius 1 is 1.06 bits per heavy atom. The van der Waals surface area contributed by atoms with Gasteiger partial charge in [-0.05, 0) is 24.6 Å². The number of nitrogens with zero attached hydrogens (tertiary/aromatic N) is 3. The van der Waals surface area contributed by atoms with Crippen LogP contribution in [-0.2, 0) is 11.2 Å². The van der Waals surface area contributed by atoms with E-state index in [-0.39, 0.29) is 11.9 Å². The summed E-state index contributed by atoms with van der Waals surface area (Å²) in [6, 6.07) is 15.0. The number of hydrogen-bond acceptors (Lipinski definition) is 4. The number of urea groups is 1. The highest BCUT2D eigenvalue weighted by Crippen LogP contribution is 2.21. The van der Waals surface area contributed by atoms with Crippen molar-refractivity contribution in [3.05, 3.63) is 71.2 Å². The molecule has 3 aromatic rings. The molecule has 0 radical (unpaired) electrons. The van der Waals surface area contributed by atoms with E-state index in [2.05, 4.69) is 10.3 Å². The predicted octanol–water partition coefficient (Wildman–Crippen LogP) is 4.61. The van der Waals surface area contributed by atoms with Crippen LogP contribution in [0.15, 0.2) is 59.1 Å². The van der Waals surface area contributed by atoms with E-state index in [9.17, 15) is 9.59 Å². The molecule has 1 fully saturated rings. The number of hydrogen-bond donors (Lipinski definition) is 1. The number of rotatable bonds is 5. The molecule has 2 aromatic carbocycles. The fourth-order valence-electron chi connectivity index (χ4n) is 3.57. The van der Waals surface area contributed by atoms with E-state index < -0.39 is 0 Å². The Morgan fingerprint density at radius 2 is 1.78 bits per heavy atom. The van der Waals surface area contributed by atoms with Gasteiger partial charge in [0.2, 0.25) is 5.91 Å². The number of aryl methyl sites for hydroxylation is 2. The summed E-state index contributed by atoms with van der Waals surface area (Å²) in [6.45, 7) is 3.88. The van der Waals surface area contributed by atoms with Crippen LogP contribution in [0.4, 0.5) is 10.5 Å². The predicted molar refractivity (Wildman–Crippen MR) is 124 cm³/mol. The lowest BCUT2D eigenvalue weighted by Gasteiger charge is -2.34. The number of carbonyl (C=O) groups is 2. The molecule has 1 saturated heterocycles. The van der Waals surface area contributed by atoms with Gasteiger partial charge in [-0.15, -0.1) is 0 Å². The Kier molecular flexibility index (Phi) is 6.75. The summed E-state index contributed by atoms with van der Waals surface area (Å²) in [5.74, 6) is 1.28. The molecule has 1 aliphatic heterocycles. The SMILES string of the molecule is Cc1ccc(NC(=O)N2CCN(C(=O)CCc3ncc(-c4ccccc4)o3)CC2)cc1Cl. The number of amides is 3. The molecule has 0 unspecified atom stereocenters. The van der Waals surface area contributed by atoms with Crippen LogP contribution in [0.1, 0.15) is 17.9 Å². The summed E-state index contributed by atoms with van der Waals surface area (Å²) >= 11 is 6.12. The molecule has 32 heavy (non-hydrogen) atoms. The van der Waals surface area contributed by atoms with Crippen LogP contribution < -0.4 is 5.32 Å². The third-order valence-electron chi connectivity index (χ3n) is 5.51. The summed E-state index contributed by atoms with van der Waals surface area (Å²) in [5, 5.41) is 3.48. The zero-order valence-electron chi connectivity index (χ0n) is 17.9. The van der Waals surface area contributed by atoms with Crippen LogP contribution in [0.25, 0.3) is 11.3 Å². The molecule has 2 heterocycles. The first-order valence-corrected chi connectivity index (χ1v) is 11.0. The molecular formula is C24H25ClN4O3. The first-order valence-electron chi connectivity index (χ1n) is 10.6. The zero-order valence-corrected chi connectivity index (χ0v) is 18.6. The zero-order chi connectivity index (χ0) is 22.5. The highest BCUT2D eigenvalue weighted by atomic mass is 35.5. The lowest BCUT2D eigenvalue weighted by Crippen LogP contribution is -2.51. The standard InChI is InChI=1S/C24H25ClN4O3/c1-17-7-8-19(15-20(17)25)27-24(31)29-13-11-28(12-14-29)23(30)10-9-22-26-16-21(32-22)18-5-3-2-4-6-18/h2-8,15-16H,9-14H2,1H3,(H,27,31). The van der Waals surface area contributed by atoms with Gasteiger partial charge in [-0.3, -0.25) is 4.79 Å². The third-order valence-corrected chi connectivity index (χ3v) is 5.91. The molecule has 3 amide bonds. The number of anilines is 1. The number of benzene rings is 2. The third kappa shape index (κ3) is 5.29. The quantitative estimate of drug-likeness (QED) is 0.613. The first kappa shape index (κ1) is 21.9. The van der Waals surface area contributed by atoms with E-state index >= 15 is 0 Å². The summed E-state index contributed by atoms with van der Waals surface area (Å²) in [6.07, 6.45) is 2.46. The summed E-state index contributed by atoms with van der Waals surface area (Å²) in [4.78, 5) is 32.9. The lowest BCUT2D eigenvalue weighted by molar-refractivity contribution is -0.132. The molecule has 0 spiro atoms. The van der Waals surface area contributed by atoms with Crippen LogP contribution in [0.5, 0.6) is 0 Å². The van der Waals surface area contributed by atoms with E-state index in [4.69, 9.17) is 16.0 Å². The second-order valence-corrected chi connectivity index (χ2v) is 8.15. The molecule has 8 heteroatoms. The molecule has 1 N–H and O–H groups in total. The molecule has 4 rings (SSSR count). The van der Waals surface area contributed by atoms with E-state index in [0.29, 0.717) is 61.4 Å². The topological polar surface area (TPSA) is 78.7 Å². The van der Waals surface area contributed by atoms with Gasteiger partial charge >= 0.3 is 6.03 Å². The van der Waals surface area contributed by atoms with Crippen LogP contribution in [0, 0.1) is 6.92 Å². The van der Waals surface area contributed by atoms with Gasteiger partial charge in [0.05, 0.1) is 6.20 Å². The van der Waals surface area contributed by atoms with Gasteiger partial charge in [0, 0.05) is 55.3 Å². The molecule has 1 aromatic heterocycles. The highest BCUT2D eigenvalue weighted by molar-refractivity contribution is 6.31. The van der Waals surface area contributed by atoms with Gasteiger partial charge < -0.3 is 19.5 Å². The largest absolute Gasteiger partial charge is 0.441 e. The van der Waals surface area contributed by atoms with Gasteiger partial charge in [-0.2, -0.15) is 0 Å². The summed E-state index contributed by atoms with van der Waals surface area (Å²) in [5.41, 5.74) is 2.57. The van der Waals surface area contributed by atoms with Crippen molar-refractivity contribution < 1.29 is 14.0 Å². The lowest BCUT2D eigenvalue weighted by atomic mass is 10.2. The second kappa shape index (κ2) is 9.87. The normalized spacial score (nSPS) is 13.8. The van der Waals surface area contributed by atoms with E-state index in [0.717, 1.165) is 11.1 Å². The van der Waals surface area contributed by atoms with Crippen molar-refractivity contribution in [3.8, 4) is 11.3 Å². The smallest absolute Gasteiger partial charge is 0.321 e. The van der Waals surface area contributed by atoms with Crippen molar-refractivity contribution in [3.63, 3.8) is 0 Å². The van der Waals surface area contributed by atoms with Gasteiger partial charge in [-0.1, -0.05) is 48.0 Å². The average Bonchev–Trinajstić information content (AvgIpc) is 3.30. The minimum Gasteiger partial charge on any atom is -0.441 e. The Labute approximate surface area is 192 Å². The molecule has 0 saturated carbocycles. The van der Waals surface area contributed by atoms with Gasteiger partial charge in [-0.25, -0.2) is 9.78 Å². The Hall–Kier alpha value is -3.32. The van der Waals surface area contributed by atoms with Crippen LogP contribution in [-0.4, -0.2) is 52.9 Å². The number of halogens is 1. The first-order chi connectivity index (χ1) is 15.5. The maximum Gasteiger partial charge on any atom is 0.321 e. The molecule has 1 aliphatic rings. The van der Waals surface area contributed by atoms with Crippen molar-refractivity contribution in [1.29, 1.82) is 0 Å². The Balaban J connectivity index is 1.23. The molecule has 7 nitrogen and oxygen atoms in total. The minimum absolute atomic E-state index is 0.0369. The van der Waals surface area contributed by atoms with Crippen LogP contribution in [0.2, 0.25) is 5.02 Å². The second-order valence-electron chi connectivity index (χ2n) is 7.75. The van der Waals surface area contributed by atoms with E-state index in [1.165, 1.54) is 0 Å². The van der Waals surface area contributed by atoms with Crippen LogP contribution in [0.3, 0.4) is 0 Å². The molecular weight excluding hydrogens is 428 g/mol. The average molecular weight is 453 g/mol. The Morgan fingerprint density at radius 3 is 2.50 bits per heavy atom. The maximum atomic E-state index is 12.6. The van der Waals surface area contributed by atoms with Crippen molar-refractivity contribution in [2.24, 2.45) is 0 Å².